The van der Waals surface area contributed by atoms with E-state index in [1.54, 1.807) is 30.3 Å². The summed E-state index contributed by atoms with van der Waals surface area (Å²) in [6.07, 6.45) is 1.54. The van der Waals surface area contributed by atoms with Crippen LogP contribution in [-0.2, 0) is 9.59 Å². The zero-order valence-corrected chi connectivity index (χ0v) is 18.2. The summed E-state index contributed by atoms with van der Waals surface area (Å²) in [5.74, 6) is -0.707. The topological polar surface area (TPSA) is 55.9 Å². The Kier molecular flexibility index (Phi) is 6.11. The SMILES string of the molecule is C=CCN1C(=O)C(Nc2ccc(N3CCN(C)CC3)cc2)=C(c2ccc(Cl)cc2)C1=O. The average Bonchev–Trinajstić information content (AvgIpc) is 3.00. The second kappa shape index (κ2) is 8.96. The first kappa shape index (κ1) is 21.2. The molecule has 2 aliphatic heterocycles. The molecule has 4 rings (SSSR count). The van der Waals surface area contributed by atoms with Crippen LogP contribution in [0.5, 0.6) is 0 Å². The first-order chi connectivity index (χ1) is 15.0. The van der Waals surface area contributed by atoms with Gasteiger partial charge < -0.3 is 15.1 Å². The van der Waals surface area contributed by atoms with Crippen LogP contribution >= 0.6 is 11.6 Å². The first-order valence-electron chi connectivity index (χ1n) is 10.3. The Morgan fingerprint density at radius 3 is 2.23 bits per heavy atom. The van der Waals surface area contributed by atoms with Crippen molar-refractivity contribution < 1.29 is 9.59 Å². The van der Waals surface area contributed by atoms with Crippen molar-refractivity contribution in [2.45, 2.75) is 0 Å². The van der Waals surface area contributed by atoms with Gasteiger partial charge in [-0.05, 0) is 49.0 Å². The van der Waals surface area contributed by atoms with E-state index in [0.717, 1.165) is 37.6 Å². The van der Waals surface area contributed by atoms with E-state index in [0.29, 0.717) is 16.2 Å². The van der Waals surface area contributed by atoms with Crippen molar-refractivity contribution >= 4 is 40.4 Å². The average molecular weight is 437 g/mol. The second-order valence-electron chi connectivity index (χ2n) is 7.73. The number of piperazine rings is 1. The summed E-state index contributed by atoms with van der Waals surface area (Å²) in [5.41, 5.74) is 3.15. The molecule has 0 aromatic heterocycles. The van der Waals surface area contributed by atoms with Crippen LogP contribution in [0.2, 0.25) is 5.02 Å². The highest BCUT2D eigenvalue weighted by molar-refractivity contribution is 6.37. The van der Waals surface area contributed by atoms with Crippen molar-refractivity contribution in [3.63, 3.8) is 0 Å². The summed E-state index contributed by atoms with van der Waals surface area (Å²) in [5, 5.41) is 3.75. The number of rotatable bonds is 6. The van der Waals surface area contributed by atoms with Crippen molar-refractivity contribution in [2.75, 3.05) is 50.0 Å². The molecular formula is C24H25ClN4O2. The minimum Gasteiger partial charge on any atom is -0.369 e. The molecule has 7 heteroatoms. The van der Waals surface area contributed by atoms with Crippen molar-refractivity contribution in [3.8, 4) is 0 Å². The molecule has 6 nitrogen and oxygen atoms in total. The summed E-state index contributed by atoms with van der Waals surface area (Å²) in [4.78, 5) is 31.9. The molecule has 31 heavy (non-hydrogen) atoms. The Bertz CT molecular complexity index is 1020. The van der Waals surface area contributed by atoms with Crippen LogP contribution in [0.1, 0.15) is 5.56 Å². The number of nitrogens with zero attached hydrogens (tertiary/aromatic N) is 3. The normalized spacial score (nSPS) is 17.5. The Morgan fingerprint density at radius 1 is 0.968 bits per heavy atom. The van der Waals surface area contributed by atoms with Crippen LogP contribution in [0.15, 0.2) is 66.9 Å². The fourth-order valence-corrected chi connectivity index (χ4v) is 3.96. The maximum atomic E-state index is 13.0. The number of likely N-dealkylation sites (N-methyl/N-ethyl adjacent to an activating group) is 1. The number of hydrogen-bond acceptors (Lipinski definition) is 5. The molecule has 1 N–H and O–H groups in total. The number of imide groups is 1. The number of hydrogen-bond donors (Lipinski definition) is 1. The molecule has 0 spiro atoms. The summed E-state index contributed by atoms with van der Waals surface area (Å²) in [6.45, 7) is 7.85. The van der Waals surface area contributed by atoms with Gasteiger partial charge in [0.25, 0.3) is 11.8 Å². The van der Waals surface area contributed by atoms with Gasteiger partial charge in [-0.25, -0.2) is 0 Å². The van der Waals surface area contributed by atoms with E-state index in [-0.39, 0.29) is 24.1 Å². The van der Waals surface area contributed by atoms with Crippen molar-refractivity contribution in [1.82, 2.24) is 9.80 Å². The van der Waals surface area contributed by atoms with Crippen LogP contribution in [0.25, 0.3) is 5.57 Å². The van der Waals surface area contributed by atoms with Crippen LogP contribution in [0.4, 0.5) is 11.4 Å². The molecule has 0 atom stereocenters. The molecular weight excluding hydrogens is 412 g/mol. The second-order valence-corrected chi connectivity index (χ2v) is 8.17. The van der Waals surface area contributed by atoms with Gasteiger partial charge in [0.1, 0.15) is 5.70 Å². The van der Waals surface area contributed by atoms with Crippen molar-refractivity contribution in [2.24, 2.45) is 0 Å². The van der Waals surface area contributed by atoms with Gasteiger partial charge in [-0.1, -0.05) is 29.8 Å². The first-order valence-corrected chi connectivity index (χ1v) is 10.6. The smallest absolute Gasteiger partial charge is 0.278 e. The molecule has 160 valence electrons. The molecule has 2 aromatic rings. The highest BCUT2D eigenvalue weighted by atomic mass is 35.5. The van der Waals surface area contributed by atoms with Crippen molar-refractivity contribution in [1.29, 1.82) is 0 Å². The van der Waals surface area contributed by atoms with E-state index in [9.17, 15) is 9.59 Å². The number of nitrogens with one attached hydrogen (secondary N) is 1. The zero-order chi connectivity index (χ0) is 22.0. The zero-order valence-electron chi connectivity index (χ0n) is 17.5. The molecule has 1 saturated heterocycles. The Balaban J connectivity index is 1.61. The molecule has 0 bridgehead atoms. The highest BCUT2D eigenvalue weighted by Gasteiger charge is 2.38. The van der Waals surface area contributed by atoms with Crippen LogP contribution in [0, 0.1) is 0 Å². The molecule has 2 aromatic carbocycles. The van der Waals surface area contributed by atoms with E-state index >= 15 is 0 Å². The summed E-state index contributed by atoms with van der Waals surface area (Å²) < 4.78 is 0. The van der Waals surface area contributed by atoms with Gasteiger partial charge in [0.15, 0.2) is 0 Å². The number of carbonyl (C=O) groups excluding carboxylic acids is 2. The lowest BCUT2D eigenvalue weighted by Crippen LogP contribution is -2.44. The molecule has 2 aliphatic rings. The molecule has 2 heterocycles. The van der Waals surface area contributed by atoms with Crippen LogP contribution in [0.3, 0.4) is 0 Å². The molecule has 0 aliphatic carbocycles. The van der Waals surface area contributed by atoms with E-state index < -0.39 is 0 Å². The fraction of sp³-hybridized carbons (Fsp3) is 0.250. The van der Waals surface area contributed by atoms with Crippen LogP contribution < -0.4 is 10.2 Å². The third-order valence-electron chi connectivity index (χ3n) is 5.62. The molecule has 0 saturated carbocycles. The number of carbonyl (C=O) groups is 2. The lowest BCUT2D eigenvalue weighted by Gasteiger charge is -2.34. The minimum atomic E-state index is -0.363. The molecule has 0 unspecified atom stereocenters. The highest BCUT2D eigenvalue weighted by Crippen LogP contribution is 2.31. The maximum Gasteiger partial charge on any atom is 0.278 e. The van der Waals surface area contributed by atoms with Gasteiger partial charge in [-0.3, -0.25) is 14.5 Å². The molecule has 1 fully saturated rings. The molecule has 0 radical (unpaired) electrons. The predicted octanol–water partition coefficient (Wildman–Crippen LogP) is 3.47. The van der Waals surface area contributed by atoms with Crippen LogP contribution in [-0.4, -0.2) is 61.4 Å². The van der Waals surface area contributed by atoms with E-state index in [4.69, 9.17) is 11.6 Å². The lowest BCUT2D eigenvalue weighted by atomic mass is 10.0. The van der Waals surface area contributed by atoms with Gasteiger partial charge in [0, 0.05) is 49.1 Å². The van der Waals surface area contributed by atoms with Crippen molar-refractivity contribution in [3.05, 3.63) is 77.5 Å². The number of benzene rings is 2. The summed E-state index contributed by atoms with van der Waals surface area (Å²) in [7, 11) is 2.13. The summed E-state index contributed by atoms with van der Waals surface area (Å²) in [6, 6.07) is 14.9. The minimum absolute atomic E-state index is 0.155. The fourth-order valence-electron chi connectivity index (χ4n) is 3.84. The maximum absolute atomic E-state index is 13.0. The van der Waals surface area contributed by atoms with Gasteiger partial charge in [0.05, 0.1) is 5.57 Å². The van der Waals surface area contributed by atoms with E-state index in [1.165, 1.54) is 4.90 Å². The largest absolute Gasteiger partial charge is 0.369 e. The Labute approximate surface area is 187 Å². The third kappa shape index (κ3) is 4.36. The standard InChI is InChI=1S/C24H25ClN4O2/c1-3-12-29-23(30)21(17-4-6-18(25)7-5-17)22(24(29)31)26-19-8-10-20(11-9-19)28-15-13-27(2)14-16-28/h3-11,26H,1,12-16H2,2H3. The van der Waals surface area contributed by atoms with E-state index in [1.807, 2.05) is 24.3 Å². The lowest BCUT2D eigenvalue weighted by molar-refractivity contribution is -0.136. The number of anilines is 2. The van der Waals surface area contributed by atoms with Gasteiger partial charge in [-0.15, -0.1) is 6.58 Å². The number of amides is 2. The summed E-state index contributed by atoms with van der Waals surface area (Å²) >= 11 is 6.00. The van der Waals surface area contributed by atoms with Gasteiger partial charge in [0.2, 0.25) is 0 Å². The quantitative estimate of drug-likeness (QED) is 0.555. The number of halogens is 1. The third-order valence-corrected chi connectivity index (χ3v) is 5.87. The predicted molar refractivity (Wildman–Crippen MR) is 125 cm³/mol. The Hall–Kier alpha value is -3.09. The molecule has 2 amide bonds. The van der Waals surface area contributed by atoms with Gasteiger partial charge >= 0.3 is 0 Å². The monoisotopic (exact) mass is 436 g/mol. The van der Waals surface area contributed by atoms with Gasteiger partial charge in [-0.2, -0.15) is 0 Å². The Morgan fingerprint density at radius 2 is 1.61 bits per heavy atom. The van der Waals surface area contributed by atoms with E-state index in [2.05, 4.69) is 28.7 Å².